The molecule has 184 valence electrons. The largest absolute Gasteiger partial charge is 0.395 e. The van der Waals surface area contributed by atoms with Gasteiger partial charge >= 0.3 is 0 Å². The number of rotatable bonds is 6. The van der Waals surface area contributed by atoms with Crippen molar-refractivity contribution in [3.63, 3.8) is 0 Å². The van der Waals surface area contributed by atoms with Gasteiger partial charge in [0, 0.05) is 50.7 Å². The molecule has 34 heavy (non-hydrogen) atoms. The smallest absolute Gasteiger partial charge is 0.253 e. The number of benzene rings is 2. The molecule has 4 rings (SSSR count). The van der Waals surface area contributed by atoms with Crippen LogP contribution in [0.3, 0.4) is 0 Å². The Balaban J connectivity index is 1.55. The van der Waals surface area contributed by atoms with Crippen molar-refractivity contribution < 1.29 is 18.3 Å². The van der Waals surface area contributed by atoms with E-state index in [4.69, 9.17) is 0 Å². The SMILES string of the molecule is CCS(=O)(=O)N1CCCCN2[C@@H](CO)[C@@H](c3ccc(-c4ccc(C(=O)N(C)C)cc4)cc3)[C@@H]2C1. The molecule has 0 radical (unpaired) electrons. The van der Waals surface area contributed by atoms with Crippen molar-refractivity contribution in [3.05, 3.63) is 59.7 Å². The maximum atomic E-state index is 12.6. The first-order valence-electron chi connectivity index (χ1n) is 12.0. The number of carbonyl (C=O) groups excluding carboxylic acids is 1. The number of nitrogens with zero attached hydrogens (tertiary/aromatic N) is 3. The maximum Gasteiger partial charge on any atom is 0.253 e. The van der Waals surface area contributed by atoms with Crippen molar-refractivity contribution in [2.24, 2.45) is 0 Å². The molecule has 0 aromatic heterocycles. The fourth-order valence-electron chi connectivity index (χ4n) is 5.31. The lowest BCUT2D eigenvalue weighted by atomic mass is 9.74. The van der Waals surface area contributed by atoms with Crippen molar-refractivity contribution in [2.75, 3.05) is 46.1 Å². The molecule has 0 unspecified atom stereocenters. The van der Waals surface area contributed by atoms with Crippen molar-refractivity contribution in [3.8, 4) is 11.1 Å². The number of aliphatic hydroxyl groups is 1. The predicted molar refractivity (Wildman–Crippen MR) is 134 cm³/mol. The van der Waals surface area contributed by atoms with Gasteiger partial charge < -0.3 is 10.0 Å². The van der Waals surface area contributed by atoms with E-state index in [9.17, 15) is 18.3 Å². The molecule has 2 saturated heterocycles. The predicted octanol–water partition coefficient (Wildman–Crippen LogP) is 2.63. The Morgan fingerprint density at radius 1 is 1.00 bits per heavy atom. The molecule has 2 heterocycles. The summed E-state index contributed by atoms with van der Waals surface area (Å²) in [5.41, 5.74) is 3.86. The molecule has 1 N–H and O–H groups in total. The minimum absolute atomic E-state index is 0.0106. The lowest BCUT2D eigenvalue weighted by Crippen LogP contribution is -2.67. The molecule has 2 aromatic carbocycles. The Morgan fingerprint density at radius 2 is 1.59 bits per heavy atom. The van der Waals surface area contributed by atoms with Gasteiger partial charge in [0.25, 0.3) is 5.91 Å². The molecule has 8 heteroatoms. The molecule has 0 aliphatic carbocycles. The number of sulfonamides is 1. The summed E-state index contributed by atoms with van der Waals surface area (Å²) in [4.78, 5) is 16.0. The van der Waals surface area contributed by atoms with Crippen LogP contribution in [-0.4, -0.2) is 91.7 Å². The highest BCUT2D eigenvalue weighted by atomic mass is 32.2. The molecule has 3 atom stereocenters. The third kappa shape index (κ3) is 4.77. The molecule has 0 bridgehead atoms. The molecule has 2 fully saturated rings. The van der Waals surface area contributed by atoms with E-state index in [1.54, 1.807) is 30.2 Å². The first kappa shape index (κ1) is 24.9. The maximum absolute atomic E-state index is 12.6. The van der Waals surface area contributed by atoms with Crippen molar-refractivity contribution >= 4 is 15.9 Å². The Bertz CT molecular complexity index is 1100. The average molecular weight is 486 g/mol. The van der Waals surface area contributed by atoms with Gasteiger partial charge in [-0.1, -0.05) is 36.4 Å². The Kier molecular flexibility index (Phi) is 7.42. The summed E-state index contributed by atoms with van der Waals surface area (Å²) in [6.07, 6.45) is 1.78. The van der Waals surface area contributed by atoms with Gasteiger partial charge in [0.2, 0.25) is 10.0 Å². The van der Waals surface area contributed by atoms with Gasteiger partial charge in [-0.25, -0.2) is 12.7 Å². The molecular formula is C26H35N3O4S. The molecule has 2 aromatic rings. The second-order valence-corrected chi connectivity index (χ2v) is 11.7. The monoisotopic (exact) mass is 485 g/mol. The van der Waals surface area contributed by atoms with E-state index < -0.39 is 10.0 Å². The summed E-state index contributed by atoms with van der Waals surface area (Å²) in [5.74, 6) is 0.179. The van der Waals surface area contributed by atoms with Gasteiger partial charge in [-0.15, -0.1) is 0 Å². The summed E-state index contributed by atoms with van der Waals surface area (Å²) < 4.78 is 26.9. The van der Waals surface area contributed by atoms with Crippen LogP contribution >= 0.6 is 0 Å². The zero-order chi connectivity index (χ0) is 24.5. The molecule has 0 spiro atoms. The quantitative estimate of drug-likeness (QED) is 0.680. The molecule has 1 amide bonds. The number of carbonyl (C=O) groups is 1. The Hall–Kier alpha value is -2.26. The normalized spacial score (nSPS) is 23.9. The summed E-state index contributed by atoms with van der Waals surface area (Å²) in [7, 11) is 0.225. The lowest BCUT2D eigenvalue weighted by Gasteiger charge is -2.57. The molecular weight excluding hydrogens is 450 g/mol. The molecule has 0 saturated carbocycles. The van der Waals surface area contributed by atoms with Crippen LogP contribution in [0.25, 0.3) is 11.1 Å². The molecule has 7 nitrogen and oxygen atoms in total. The summed E-state index contributed by atoms with van der Waals surface area (Å²) in [6.45, 7) is 3.69. The second kappa shape index (κ2) is 10.2. The van der Waals surface area contributed by atoms with Gasteiger partial charge in [0.05, 0.1) is 12.4 Å². The number of fused-ring (bicyclic) bond motifs is 1. The number of amides is 1. The second-order valence-electron chi connectivity index (χ2n) is 9.45. The molecule has 2 aliphatic rings. The third-order valence-electron chi connectivity index (χ3n) is 7.26. The van der Waals surface area contributed by atoms with Crippen LogP contribution in [0, 0.1) is 0 Å². The third-order valence-corrected chi connectivity index (χ3v) is 9.11. The van der Waals surface area contributed by atoms with E-state index >= 15 is 0 Å². The summed E-state index contributed by atoms with van der Waals surface area (Å²) in [6, 6.07) is 16.0. The zero-order valence-electron chi connectivity index (χ0n) is 20.2. The van der Waals surface area contributed by atoms with E-state index in [1.165, 1.54) is 0 Å². The van der Waals surface area contributed by atoms with Crippen LogP contribution < -0.4 is 0 Å². The van der Waals surface area contributed by atoms with Crippen LogP contribution in [0.2, 0.25) is 0 Å². The number of hydrogen-bond acceptors (Lipinski definition) is 5. The van der Waals surface area contributed by atoms with E-state index in [1.807, 2.05) is 24.3 Å². The first-order chi connectivity index (χ1) is 16.3. The highest BCUT2D eigenvalue weighted by Gasteiger charge is 2.50. The van der Waals surface area contributed by atoms with Gasteiger partial charge in [-0.3, -0.25) is 9.69 Å². The molecule has 2 aliphatic heterocycles. The number of hydrogen-bond donors (Lipinski definition) is 1. The van der Waals surface area contributed by atoms with Crippen LogP contribution in [0.5, 0.6) is 0 Å². The highest BCUT2D eigenvalue weighted by Crippen LogP contribution is 2.42. The van der Waals surface area contributed by atoms with Gasteiger partial charge in [0.1, 0.15) is 0 Å². The van der Waals surface area contributed by atoms with Crippen molar-refractivity contribution in [2.45, 2.75) is 37.8 Å². The highest BCUT2D eigenvalue weighted by molar-refractivity contribution is 7.89. The van der Waals surface area contributed by atoms with Gasteiger partial charge in [0.15, 0.2) is 0 Å². The van der Waals surface area contributed by atoms with Crippen molar-refractivity contribution in [1.29, 1.82) is 0 Å². The Morgan fingerprint density at radius 3 is 2.15 bits per heavy atom. The van der Waals surface area contributed by atoms with E-state index in [-0.39, 0.29) is 36.3 Å². The summed E-state index contributed by atoms with van der Waals surface area (Å²) in [5, 5.41) is 10.1. The van der Waals surface area contributed by atoms with Crippen LogP contribution in [-0.2, 0) is 10.0 Å². The topological polar surface area (TPSA) is 81.2 Å². The fraction of sp³-hybridized carbons (Fsp3) is 0.500. The van der Waals surface area contributed by atoms with Crippen LogP contribution in [0.15, 0.2) is 48.5 Å². The minimum atomic E-state index is -3.25. The van der Waals surface area contributed by atoms with Gasteiger partial charge in [-0.05, 0) is 55.1 Å². The van der Waals surface area contributed by atoms with E-state index in [0.29, 0.717) is 18.7 Å². The minimum Gasteiger partial charge on any atom is -0.395 e. The Labute approximate surface area is 203 Å². The first-order valence-corrected chi connectivity index (χ1v) is 13.6. The van der Waals surface area contributed by atoms with E-state index in [2.05, 4.69) is 29.2 Å². The standard InChI is InChI=1S/C26H35N3O4S/c1-4-34(32,33)28-15-5-6-16-29-23(17-28)25(24(29)18-30)21-11-7-19(8-12-21)20-9-13-22(14-10-20)26(31)27(2)3/h7-14,23-25,30H,4-6,15-18H2,1-3H3/t23-,24-,25-/m0/s1. The average Bonchev–Trinajstić information content (AvgIpc) is 2.83. The summed E-state index contributed by atoms with van der Waals surface area (Å²) >= 11 is 0. The zero-order valence-corrected chi connectivity index (χ0v) is 21.0. The van der Waals surface area contributed by atoms with Crippen molar-refractivity contribution in [1.82, 2.24) is 14.1 Å². The lowest BCUT2D eigenvalue weighted by molar-refractivity contribution is -0.0553. The van der Waals surface area contributed by atoms with Crippen LogP contribution in [0.4, 0.5) is 0 Å². The van der Waals surface area contributed by atoms with E-state index in [0.717, 1.165) is 36.1 Å². The van der Waals surface area contributed by atoms with Crippen LogP contribution in [0.1, 0.15) is 41.6 Å². The van der Waals surface area contributed by atoms with Gasteiger partial charge in [-0.2, -0.15) is 0 Å². The number of aliphatic hydroxyl groups excluding tert-OH is 1. The fourth-order valence-corrected chi connectivity index (χ4v) is 6.46.